The minimum absolute atomic E-state index is 0.0377. The van der Waals surface area contributed by atoms with Crippen molar-refractivity contribution in [1.29, 1.82) is 5.26 Å². The number of carbonyl (C=O) groups is 2. The summed E-state index contributed by atoms with van der Waals surface area (Å²) >= 11 is 0. The van der Waals surface area contributed by atoms with Crippen LogP contribution in [0.15, 0.2) is 46.8 Å². The molecular weight excluding hydrogens is 332 g/mol. The maximum absolute atomic E-state index is 12.2. The van der Waals surface area contributed by atoms with Crippen molar-refractivity contribution in [1.82, 2.24) is 4.90 Å². The summed E-state index contributed by atoms with van der Waals surface area (Å²) in [5, 5.41) is 29.3. The number of allylic oxidation sites excluding steroid dienone is 2. The zero-order valence-corrected chi connectivity index (χ0v) is 14.5. The van der Waals surface area contributed by atoms with E-state index >= 15 is 0 Å². The van der Waals surface area contributed by atoms with E-state index in [1.807, 2.05) is 4.90 Å². The highest BCUT2D eigenvalue weighted by Crippen LogP contribution is 2.45. The smallest absolute Gasteiger partial charge is 0.334 e. The van der Waals surface area contributed by atoms with Gasteiger partial charge in [-0.25, -0.2) is 9.59 Å². The molecule has 0 aliphatic carbocycles. The molecule has 2 heterocycles. The fourth-order valence-corrected chi connectivity index (χ4v) is 4.01. The highest BCUT2D eigenvalue weighted by molar-refractivity contribution is 5.98. The number of rotatable bonds is 3. The molecule has 26 heavy (non-hydrogen) atoms. The van der Waals surface area contributed by atoms with Crippen molar-refractivity contribution >= 4 is 11.9 Å². The molecule has 134 valence electrons. The molecule has 1 aromatic carbocycles. The van der Waals surface area contributed by atoms with Gasteiger partial charge in [0.25, 0.3) is 0 Å². The van der Waals surface area contributed by atoms with Crippen LogP contribution in [-0.2, 0) is 9.59 Å². The zero-order valence-electron chi connectivity index (χ0n) is 14.5. The molecular formula is C20H20N2O4. The van der Waals surface area contributed by atoms with Gasteiger partial charge >= 0.3 is 11.9 Å². The molecule has 3 rings (SSSR count). The van der Waals surface area contributed by atoms with Gasteiger partial charge in [-0.15, -0.1) is 0 Å². The van der Waals surface area contributed by atoms with E-state index in [2.05, 4.69) is 6.07 Å². The molecule has 6 nitrogen and oxygen atoms in total. The Balaban J connectivity index is 2.33. The van der Waals surface area contributed by atoms with Gasteiger partial charge in [-0.3, -0.25) is 0 Å². The van der Waals surface area contributed by atoms with E-state index in [4.69, 9.17) is 0 Å². The van der Waals surface area contributed by atoms with Crippen molar-refractivity contribution in [2.24, 2.45) is 0 Å². The lowest BCUT2D eigenvalue weighted by Gasteiger charge is -2.37. The summed E-state index contributed by atoms with van der Waals surface area (Å²) in [5.41, 5.74) is 2.09. The lowest BCUT2D eigenvalue weighted by Crippen LogP contribution is -2.35. The van der Waals surface area contributed by atoms with Crippen LogP contribution in [0, 0.1) is 11.3 Å². The number of nitriles is 1. The number of aliphatic carboxylic acids is 2. The molecule has 1 fully saturated rings. The molecule has 2 N–H and O–H groups in total. The van der Waals surface area contributed by atoms with Crippen molar-refractivity contribution in [2.75, 3.05) is 6.54 Å². The van der Waals surface area contributed by atoms with Crippen LogP contribution in [0.1, 0.15) is 49.7 Å². The van der Waals surface area contributed by atoms with E-state index in [1.54, 1.807) is 31.2 Å². The van der Waals surface area contributed by atoms with Crippen LogP contribution in [-0.4, -0.2) is 33.6 Å². The Hall–Kier alpha value is -3.07. The maximum atomic E-state index is 12.2. The Labute approximate surface area is 151 Å². The standard InChI is InChI=1S/C20H20N2O4/c1-12-16(19(23)24)17(14-8-5-4-7-13(14)11-21)18(20(25)26)15-9-3-2-6-10-22(12)15/h4-5,7-8,17H,2-3,6,9-10H2,1H3,(H,23,24)(H,25,26). The molecule has 6 heteroatoms. The predicted molar refractivity (Wildman–Crippen MR) is 94.1 cm³/mol. The van der Waals surface area contributed by atoms with Crippen molar-refractivity contribution < 1.29 is 19.8 Å². The molecule has 0 bridgehead atoms. The molecule has 1 saturated heterocycles. The zero-order chi connectivity index (χ0) is 18.8. The second-order valence-corrected chi connectivity index (χ2v) is 6.56. The first-order valence-electron chi connectivity index (χ1n) is 8.64. The summed E-state index contributed by atoms with van der Waals surface area (Å²) in [6, 6.07) is 8.70. The number of hydrogen-bond acceptors (Lipinski definition) is 4. The summed E-state index contributed by atoms with van der Waals surface area (Å²) in [7, 11) is 0. The van der Waals surface area contributed by atoms with Gasteiger partial charge in [-0.2, -0.15) is 5.26 Å². The van der Waals surface area contributed by atoms with Gasteiger partial charge in [0.1, 0.15) is 0 Å². The van der Waals surface area contributed by atoms with Gasteiger partial charge in [-0.05, 0) is 37.8 Å². The molecule has 0 saturated carbocycles. The summed E-state index contributed by atoms with van der Waals surface area (Å²) < 4.78 is 0. The van der Waals surface area contributed by atoms with Crippen LogP contribution < -0.4 is 0 Å². The largest absolute Gasteiger partial charge is 0.478 e. The van der Waals surface area contributed by atoms with Gasteiger partial charge in [0, 0.05) is 17.9 Å². The second kappa shape index (κ2) is 7.04. The maximum Gasteiger partial charge on any atom is 0.334 e. The predicted octanol–water partition coefficient (Wildman–Crippen LogP) is 3.23. The molecule has 2 aliphatic rings. The highest BCUT2D eigenvalue weighted by Gasteiger charge is 2.41. The van der Waals surface area contributed by atoms with Crippen LogP contribution in [0.2, 0.25) is 0 Å². The number of carboxylic acids is 2. The van der Waals surface area contributed by atoms with E-state index in [-0.39, 0.29) is 11.1 Å². The topological polar surface area (TPSA) is 102 Å². The van der Waals surface area contributed by atoms with Crippen LogP contribution in [0.5, 0.6) is 0 Å². The third kappa shape index (κ3) is 2.86. The Morgan fingerprint density at radius 2 is 1.81 bits per heavy atom. The van der Waals surface area contributed by atoms with Gasteiger partial charge in [-0.1, -0.05) is 24.6 Å². The lowest BCUT2D eigenvalue weighted by atomic mass is 9.77. The normalized spacial score (nSPS) is 20.3. The average Bonchev–Trinajstić information content (AvgIpc) is 2.86. The summed E-state index contributed by atoms with van der Waals surface area (Å²) in [6.45, 7) is 2.34. The lowest BCUT2D eigenvalue weighted by molar-refractivity contribution is -0.133. The Kier molecular flexibility index (Phi) is 4.81. The summed E-state index contributed by atoms with van der Waals surface area (Å²) in [5.74, 6) is -3.23. The van der Waals surface area contributed by atoms with Gasteiger partial charge < -0.3 is 15.1 Å². The summed E-state index contributed by atoms with van der Waals surface area (Å²) in [4.78, 5) is 26.1. The van der Waals surface area contributed by atoms with Crippen molar-refractivity contribution in [3.8, 4) is 6.07 Å². The Morgan fingerprint density at radius 1 is 1.12 bits per heavy atom. The molecule has 0 spiro atoms. The number of carboxylic acid groups (broad SMARTS) is 2. The quantitative estimate of drug-likeness (QED) is 0.866. The number of hydrogen-bond donors (Lipinski definition) is 2. The molecule has 0 amide bonds. The first-order valence-corrected chi connectivity index (χ1v) is 8.64. The van der Waals surface area contributed by atoms with Crippen molar-refractivity contribution in [2.45, 2.75) is 38.5 Å². The molecule has 1 unspecified atom stereocenters. The third-order valence-electron chi connectivity index (χ3n) is 5.16. The van der Waals surface area contributed by atoms with Gasteiger partial charge in [0.15, 0.2) is 0 Å². The van der Waals surface area contributed by atoms with E-state index in [9.17, 15) is 25.1 Å². The van der Waals surface area contributed by atoms with Crippen LogP contribution >= 0.6 is 0 Å². The fraction of sp³-hybridized carbons (Fsp3) is 0.350. The fourth-order valence-electron chi connectivity index (χ4n) is 4.01. The number of benzene rings is 1. The molecule has 1 aromatic rings. The van der Waals surface area contributed by atoms with Crippen LogP contribution in [0.4, 0.5) is 0 Å². The van der Waals surface area contributed by atoms with E-state index in [0.717, 1.165) is 19.3 Å². The molecule has 0 radical (unpaired) electrons. The number of nitrogens with zero attached hydrogens (tertiary/aromatic N) is 2. The van der Waals surface area contributed by atoms with Gasteiger partial charge in [0.05, 0.1) is 28.7 Å². The van der Waals surface area contributed by atoms with E-state index in [1.165, 1.54) is 0 Å². The second-order valence-electron chi connectivity index (χ2n) is 6.56. The molecule has 2 aliphatic heterocycles. The first kappa shape index (κ1) is 17.7. The van der Waals surface area contributed by atoms with Crippen molar-refractivity contribution in [3.63, 3.8) is 0 Å². The first-order chi connectivity index (χ1) is 12.5. The highest BCUT2D eigenvalue weighted by atomic mass is 16.4. The Bertz CT molecular complexity index is 876. The number of fused-ring (bicyclic) bond motifs is 1. The molecule has 0 aromatic heterocycles. The SMILES string of the molecule is CC1=C(C(=O)O)C(c2ccccc2C#N)C(C(=O)O)=C2CCCCCN12. The van der Waals surface area contributed by atoms with Crippen molar-refractivity contribution in [3.05, 3.63) is 57.9 Å². The van der Waals surface area contributed by atoms with E-state index in [0.29, 0.717) is 35.5 Å². The molecule has 1 atom stereocenters. The van der Waals surface area contributed by atoms with Crippen LogP contribution in [0.3, 0.4) is 0 Å². The summed E-state index contributed by atoms with van der Waals surface area (Å²) in [6.07, 6.45) is 3.32. The minimum Gasteiger partial charge on any atom is -0.478 e. The third-order valence-corrected chi connectivity index (χ3v) is 5.16. The minimum atomic E-state index is -1.15. The average molecular weight is 352 g/mol. The van der Waals surface area contributed by atoms with E-state index < -0.39 is 17.9 Å². The monoisotopic (exact) mass is 352 g/mol. The van der Waals surface area contributed by atoms with Gasteiger partial charge in [0.2, 0.25) is 0 Å². The van der Waals surface area contributed by atoms with Crippen LogP contribution in [0.25, 0.3) is 0 Å². The Morgan fingerprint density at radius 3 is 2.46 bits per heavy atom.